The van der Waals surface area contributed by atoms with Gasteiger partial charge in [0.05, 0.1) is 41.6 Å². The molecule has 0 aromatic carbocycles. The van der Waals surface area contributed by atoms with Crippen LogP contribution in [0.25, 0.3) is 22.5 Å². The molecular formula is C23H23N11. The Hall–Kier alpha value is -4.51. The standard InChI is InChI=1S/C23H23N11/c1-14(9-24)29-18-8-21(34-23-17(11-28-34)7-16(10-25)22(26)30-23)27-12-20(18)33-13-19(31-32-33)15-5-3-2-4-6-15/h7-8,11-15H,2-6H2,1H3,(H2,26,30)(H,27,29)/t14-/m1/s1. The van der Waals surface area contributed by atoms with Crippen molar-refractivity contribution in [2.75, 3.05) is 11.1 Å². The number of anilines is 2. The van der Waals surface area contributed by atoms with Gasteiger partial charge in [0, 0.05) is 17.4 Å². The van der Waals surface area contributed by atoms with Crippen molar-refractivity contribution >= 4 is 22.5 Å². The number of nitrogens with two attached hydrogens (primary N) is 1. The summed E-state index contributed by atoms with van der Waals surface area (Å²) in [6.45, 7) is 1.77. The first-order valence-corrected chi connectivity index (χ1v) is 11.2. The molecule has 5 rings (SSSR count). The van der Waals surface area contributed by atoms with Crippen molar-refractivity contribution in [3.05, 3.63) is 42.0 Å². The normalized spacial score (nSPS) is 15.0. The maximum absolute atomic E-state index is 9.38. The van der Waals surface area contributed by atoms with Gasteiger partial charge in [-0.25, -0.2) is 14.6 Å². The summed E-state index contributed by atoms with van der Waals surface area (Å²) in [5, 5.41) is 35.6. The summed E-state index contributed by atoms with van der Waals surface area (Å²) in [5.41, 5.74) is 9.01. The minimum absolute atomic E-state index is 0.127. The molecule has 170 valence electrons. The highest BCUT2D eigenvalue weighted by molar-refractivity contribution is 5.80. The molecule has 0 aliphatic heterocycles. The molecule has 11 nitrogen and oxygen atoms in total. The van der Waals surface area contributed by atoms with Crippen LogP contribution in [0.1, 0.15) is 56.2 Å². The lowest BCUT2D eigenvalue weighted by molar-refractivity contribution is 0.436. The highest BCUT2D eigenvalue weighted by atomic mass is 15.4. The Kier molecular flexibility index (Phi) is 5.52. The molecule has 0 radical (unpaired) electrons. The first-order chi connectivity index (χ1) is 16.6. The molecule has 4 heterocycles. The number of nitrogens with zero attached hydrogens (tertiary/aromatic N) is 9. The van der Waals surface area contributed by atoms with E-state index in [1.54, 1.807) is 40.8 Å². The number of pyridine rings is 2. The first kappa shape index (κ1) is 21.3. The molecule has 1 saturated carbocycles. The molecule has 1 fully saturated rings. The van der Waals surface area contributed by atoms with Crippen LogP contribution >= 0.6 is 0 Å². The van der Waals surface area contributed by atoms with Gasteiger partial charge in [-0.05, 0) is 25.8 Å². The molecular weight excluding hydrogens is 430 g/mol. The Bertz CT molecular complexity index is 1430. The van der Waals surface area contributed by atoms with E-state index in [9.17, 15) is 10.5 Å². The number of nitriles is 2. The number of hydrogen-bond acceptors (Lipinski definition) is 9. The molecule has 0 spiro atoms. The predicted octanol–water partition coefficient (Wildman–Crippen LogP) is 3.22. The Labute approximate surface area is 195 Å². The summed E-state index contributed by atoms with van der Waals surface area (Å²) in [4.78, 5) is 8.92. The maximum Gasteiger partial charge on any atom is 0.167 e. The number of nitrogen functional groups attached to an aromatic ring is 1. The molecule has 0 bridgehead atoms. The summed E-state index contributed by atoms with van der Waals surface area (Å²) in [7, 11) is 0. The van der Waals surface area contributed by atoms with Crippen molar-refractivity contribution in [2.45, 2.75) is 51.0 Å². The number of hydrogen-bond donors (Lipinski definition) is 2. The second-order valence-corrected chi connectivity index (χ2v) is 8.48. The van der Waals surface area contributed by atoms with Crippen LogP contribution in [-0.2, 0) is 0 Å². The average molecular weight is 454 g/mol. The fraction of sp³-hybridized carbons (Fsp3) is 0.348. The fourth-order valence-electron chi connectivity index (χ4n) is 4.33. The average Bonchev–Trinajstić information content (AvgIpc) is 3.51. The van der Waals surface area contributed by atoms with E-state index in [1.165, 1.54) is 19.3 Å². The Balaban J connectivity index is 1.56. The van der Waals surface area contributed by atoms with Crippen molar-refractivity contribution < 1.29 is 0 Å². The molecule has 1 atom stereocenters. The minimum Gasteiger partial charge on any atom is -0.383 e. The minimum atomic E-state index is -0.448. The van der Waals surface area contributed by atoms with Gasteiger partial charge >= 0.3 is 0 Å². The fourth-order valence-corrected chi connectivity index (χ4v) is 4.33. The summed E-state index contributed by atoms with van der Waals surface area (Å²) < 4.78 is 3.25. The van der Waals surface area contributed by atoms with E-state index in [-0.39, 0.29) is 5.82 Å². The molecule has 3 N–H and O–H groups in total. The van der Waals surface area contributed by atoms with Gasteiger partial charge in [0.25, 0.3) is 0 Å². The molecule has 0 saturated heterocycles. The Morgan fingerprint density at radius 1 is 1.18 bits per heavy atom. The highest BCUT2D eigenvalue weighted by Crippen LogP contribution is 2.32. The second-order valence-electron chi connectivity index (χ2n) is 8.48. The van der Waals surface area contributed by atoms with Crippen LogP contribution in [0.2, 0.25) is 0 Å². The van der Waals surface area contributed by atoms with Crippen LogP contribution in [-0.4, -0.2) is 40.8 Å². The van der Waals surface area contributed by atoms with Crippen molar-refractivity contribution in [1.82, 2.24) is 34.7 Å². The van der Waals surface area contributed by atoms with E-state index in [1.807, 2.05) is 12.3 Å². The van der Waals surface area contributed by atoms with Crippen LogP contribution in [0.3, 0.4) is 0 Å². The molecule has 0 unspecified atom stereocenters. The lowest BCUT2D eigenvalue weighted by Crippen LogP contribution is -2.15. The van der Waals surface area contributed by atoms with E-state index in [2.05, 4.69) is 36.8 Å². The SMILES string of the molecule is C[C@H](C#N)Nc1cc(-n2ncc3cc(C#N)c(N)nc32)ncc1-n1cc(C2CCCCC2)nn1. The van der Waals surface area contributed by atoms with Gasteiger partial charge in [-0.3, -0.25) is 0 Å². The maximum atomic E-state index is 9.38. The third-order valence-electron chi connectivity index (χ3n) is 6.13. The van der Waals surface area contributed by atoms with E-state index in [0.29, 0.717) is 39.7 Å². The monoisotopic (exact) mass is 453 g/mol. The smallest absolute Gasteiger partial charge is 0.167 e. The molecule has 1 aliphatic carbocycles. The Morgan fingerprint density at radius 3 is 2.76 bits per heavy atom. The van der Waals surface area contributed by atoms with Crippen molar-refractivity contribution in [1.29, 1.82) is 10.5 Å². The van der Waals surface area contributed by atoms with Gasteiger partial charge in [0.1, 0.15) is 23.6 Å². The van der Waals surface area contributed by atoms with E-state index >= 15 is 0 Å². The summed E-state index contributed by atoms with van der Waals surface area (Å²) in [6.07, 6.45) is 11.2. The zero-order chi connectivity index (χ0) is 23.7. The third-order valence-corrected chi connectivity index (χ3v) is 6.13. The van der Waals surface area contributed by atoms with Crippen LogP contribution in [0.4, 0.5) is 11.5 Å². The molecule has 34 heavy (non-hydrogen) atoms. The van der Waals surface area contributed by atoms with Gasteiger partial charge in [0.2, 0.25) is 0 Å². The van der Waals surface area contributed by atoms with Crippen molar-refractivity contribution in [3.8, 4) is 23.6 Å². The van der Waals surface area contributed by atoms with Gasteiger partial charge < -0.3 is 11.1 Å². The lowest BCUT2D eigenvalue weighted by Gasteiger charge is -2.18. The van der Waals surface area contributed by atoms with Gasteiger partial charge in [-0.2, -0.15) is 20.3 Å². The van der Waals surface area contributed by atoms with E-state index in [4.69, 9.17) is 5.73 Å². The molecule has 4 aromatic heterocycles. The van der Waals surface area contributed by atoms with E-state index < -0.39 is 6.04 Å². The number of fused-ring (bicyclic) bond motifs is 1. The zero-order valence-electron chi connectivity index (χ0n) is 18.7. The van der Waals surface area contributed by atoms with Crippen LogP contribution in [0, 0.1) is 22.7 Å². The molecule has 1 aliphatic rings. The largest absolute Gasteiger partial charge is 0.383 e. The second kappa shape index (κ2) is 8.79. The van der Waals surface area contributed by atoms with Crippen LogP contribution in [0.15, 0.2) is 30.7 Å². The van der Waals surface area contributed by atoms with Crippen molar-refractivity contribution in [3.63, 3.8) is 0 Å². The summed E-state index contributed by atoms with van der Waals surface area (Å²) in [6, 6.07) is 7.21. The molecule has 11 heteroatoms. The predicted molar refractivity (Wildman–Crippen MR) is 125 cm³/mol. The first-order valence-electron chi connectivity index (χ1n) is 11.2. The molecule has 0 amide bonds. The molecule has 4 aromatic rings. The number of rotatable bonds is 5. The van der Waals surface area contributed by atoms with Gasteiger partial charge in [0.15, 0.2) is 11.5 Å². The topological polar surface area (TPSA) is 160 Å². The summed E-state index contributed by atoms with van der Waals surface area (Å²) in [5.74, 6) is 1.03. The van der Waals surface area contributed by atoms with Gasteiger partial charge in [-0.1, -0.05) is 24.5 Å². The quantitative estimate of drug-likeness (QED) is 0.462. The van der Waals surface area contributed by atoms with Crippen LogP contribution < -0.4 is 11.1 Å². The van der Waals surface area contributed by atoms with Crippen molar-refractivity contribution in [2.24, 2.45) is 0 Å². The van der Waals surface area contributed by atoms with Gasteiger partial charge in [-0.15, -0.1) is 5.10 Å². The van der Waals surface area contributed by atoms with Crippen LogP contribution in [0.5, 0.6) is 0 Å². The number of aromatic nitrogens is 7. The lowest BCUT2D eigenvalue weighted by atomic mass is 9.87. The third kappa shape index (κ3) is 3.88. The van der Waals surface area contributed by atoms with E-state index in [0.717, 1.165) is 18.5 Å². The highest BCUT2D eigenvalue weighted by Gasteiger charge is 2.20. The summed E-state index contributed by atoms with van der Waals surface area (Å²) >= 11 is 0. The zero-order valence-corrected chi connectivity index (χ0v) is 18.7. The Morgan fingerprint density at radius 2 is 2.00 bits per heavy atom. The number of nitrogens with one attached hydrogen (secondary N) is 1.